The maximum Gasteiger partial charge on any atom is 0.102 e. The average molecular weight is 255 g/mol. The highest BCUT2D eigenvalue weighted by Gasteiger charge is 2.06. The molecule has 1 atom stereocenters. The number of hydrogen-bond donors (Lipinski definition) is 1. The fourth-order valence-corrected chi connectivity index (χ4v) is 2.42. The van der Waals surface area contributed by atoms with Crippen LogP contribution in [0.15, 0.2) is 24.0 Å². The van der Waals surface area contributed by atoms with E-state index in [0.29, 0.717) is 0 Å². The van der Waals surface area contributed by atoms with E-state index in [1.807, 2.05) is 0 Å². The summed E-state index contributed by atoms with van der Waals surface area (Å²) in [5.74, 6) is 0. The summed E-state index contributed by atoms with van der Waals surface area (Å²) in [6, 6.07) is 0. The molecule has 0 aromatic heterocycles. The largest absolute Gasteiger partial charge is 1.00 e. The van der Waals surface area contributed by atoms with Gasteiger partial charge in [0.1, 0.15) is 6.20 Å². The van der Waals surface area contributed by atoms with Crippen LogP contribution in [-0.4, -0.2) is 6.54 Å². The molecule has 0 bridgehead atoms. The highest BCUT2D eigenvalue weighted by Crippen LogP contribution is 2.09. The lowest BCUT2D eigenvalue weighted by molar-refractivity contribution is -0.788. The van der Waals surface area contributed by atoms with Crippen LogP contribution in [-0.2, 0) is 0 Å². The van der Waals surface area contributed by atoms with Gasteiger partial charge in [-0.25, -0.2) is 0 Å². The van der Waals surface area contributed by atoms with Crippen LogP contribution in [0.2, 0.25) is 0 Å². The van der Waals surface area contributed by atoms with Crippen LogP contribution < -0.4 is 9.60 Å². The summed E-state index contributed by atoms with van der Waals surface area (Å²) in [5, 5.41) is 0. The molecule has 1 aliphatic heterocycles. The van der Waals surface area contributed by atoms with Gasteiger partial charge in [0.05, 0.1) is 12.7 Å². The average Bonchev–Trinajstić information content (AvgIpc) is 2.73. The van der Waals surface area contributed by atoms with Crippen molar-refractivity contribution >= 4 is 0 Å². The number of halogens is 1. The number of unbranched alkanes of at least 4 members (excludes halogenated alkanes) is 8. The molecule has 1 rings (SSSR count). The predicted octanol–water partition coefficient (Wildman–Crippen LogP) is 0.837. The van der Waals surface area contributed by atoms with Gasteiger partial charge >= 0.3 is 0 Å². The molecule has 1 heterocycles. The van der Waals surface area contributed by atoms with Gasteiger partial charge in [0, 0.05) is 5.57 Å². The van der Waals surface area contributed by atoms with Gasteiger partial charge in [-0.05, 0) is 25.8 Å². The summed E-state index contributed by atoms with van der Waals surface area (Å²) >= 11 is 0. The third-order valence-corrected chi connectivity index (χ3v) is 3.54. The minimum absolute atomic E-state index is 0. The molecule has 0 saturated heterocycles. The Morgan fingerprint density at radius 3 is 1.94 bits per heavy atom. The van der Waals surface area contributed by atoms with E-state index in [0.717, 1.165) is 0 Å². The summed E-state index contributed by atoms with van der Waals surface area (Å²) in [6.45, 7) is 5.74. The number of hydrogen-bond acceptors (Lipinski definition) is 0. The second-order valence-corrected chi connectivity index (χ2v) is 5.38. The Hall–Kier alpha value is -0.630. The molecule has 0 aromatic carbocycles. The quantitative estimate of drug-likeness (QED) is 0.552. The molecule has 2 heteroatoms. The van der Waals surface area contributed by atoms with Gasteiger partial charge in [0.25, 0.3) is 0 Å². The zero-order valence-electron chi connectivity index (χ0n) is 12.2. The number of nitrogens with one attached hydrogen (secondary N) is 1. The van der Waals surface area contributed by atoms with E-state index in [1.54, 1.807) is 0 Å². The first-order chi connectivity index (χ1) is 8.33. The molecule has 106 valence electrons. The SMILES string of the molecule is CCCCCCCCCCC[NH+]1C=CC(C)=C1.[F-]. The molecule has 18 heavy (non-hydrogen) atoms. The van der Waals surface area contributed by atoms with Crippen molar-refractivity contribution in [1.82, 2.24) is 0 Å². The standard InChI is InChI=1S/C16H29N.FH/c1-3-4-5-6-7-8-9-10-11-13-17-14-12-16(2)15-17;/h12,14-15H,3-11,13H2,1-2H3;1H. The second-order valence-electron chi connectivity index (χ2n) is 5.38. The Labute approximate surface area is 112 Å². The maximum absolute atomic E-state index is 2.32. The molecule has 1 unspecified atom stereocenters. The number of rotatable bonds is 10. The van der Waals surface area contributed by atoms with Crippen molar-refractivity contribution in [3.63, 3.8) is 0 Å². The van der Waals surface area contributed by atoms with E-state index >= 15 is 0 Å². The summed E-state index contributed by atoms with van der Waals surface area (Å²) in [5.41, 5.74) is 1.41. The lowest BCUT2D eigenvalue weighted by Crippen LogP contribution is -3.01. The summed E-state index contributed by atoms with van der Waals surface area (Å²) < 4.78 is 0. The van der Waals surface area contributed by atoms with Gasteiger partial charge in [-0.15, -0.1) is 0 Å². The molecule has 0 aromatic rings. The lowest BCUT2D eigenvalue weighted by atomic mass is 10.1. The molecule has 1 nitrogen and oxygen atoms in total. The van der Waals surface area contributed by atoms with Crippen molar-refractivity contribution in [3.8, 4) is 0 Å². The zero-order valence-corrected chi connectivity index (χ0v) is 12.2. The monoisotopic (exact) mass is 255 g/mol. The molecule has 0 radical (unpaired) electrons. The lowest BCUT2D eigenvalue weighted by Gasteiger charge is -2.06. The number of allylic oxidation sites excluding steroid dienone is 2. The summed E-state index contributed by atoms with van der Waals surface area (Å²) in [7, 11) is 0. The van der Waals surface area contributed by atoms with Gasteiger partial charge in [-0.2, -0.15) is 0 Å². The molecular weight excluding hydrogens is 225 g/mol. The van der Waals surface area contributed by atoms with Crippen LogP contribution in [0.1, 0.15) is 71.6 Å². The topological polar surface area (TPSA) is 4.44 Å². The van der Waals surface area contributed by atoms with E-state index in [1.165, 1.54) is 74.8 Å². The zero-order chi connectivity index (χ0) is 12.3. The Kier molecular flexibility index (Phi) is 11.1. The second kappa shape index (κ2) is 11.5. The van der Waals surface area contributed by atoms with Crippen molar-refractivity contribution in [3.05, 3.63) is 24.0 Å². The van der Waals surface area contributed by atoms with Gasteiger partial charge in [0.2, 0.25) is 0 Å². The van der Waals surface area contributed by atoms with Crippen LogP contribution in [0, 0.1) is 0 Å². The Morgan fingerprint density at radius 2 is 1.44 bits per heavy atom. The Morgan fingerprint density at radius 1 is 0.889 bits per heavy atom. The Bertz CT molecular complexity index is 245. The first kappa shape index (κ1) is 17.4. The molecule has 0 amide bonds. The Balaban J connectivity index is 0.00000289. The van der Waals surface area contributed by atoms with Gasteiger partial charge < -0.3 is 4.70 Å². The van der Waals surface area contributed by atoms with Crippen molar-refractivity contribution in [2.75, 3.05) is 6.54 Å². The summed E-state index contributed by atoms with van der Waals surface area (Å²) in [6.07, 6.45) is 19.6. The fourth-order valence-electron chi connectivity index (χ4n) is 2.42. The normalized spacial score (nSPS) is 17.7. The molecule has 0 aliphatic carbocycles. The van der Waals surface area contributed by atoms with E-state index < -0.39 is 0 Å². The number of quaternary nitrogens is 1. The third-order valence-electron chi connectivity index (χ3n) is 3.54. The summed E-state index contributed by atoms with van der Waals surface area (Å²) in [4.78, 5) is 1.53. The molecule has 1 aliphatic rings. The fraction of sp³-hybridized carbons (Fsp3) is 0.750. The van der Waals surface area contributed by atoms with Crippen LogP contribution in [0.25, 0.3) is 0 Å². The van der Waals surface area contributed by atoms with Crippen molar-refractivity contribution in [2.45, 2.75) is 71.6 Å². The van der Waals surface area contributed by atoms with Crippen molar-refractivity contribution in [2.24, 2.45) is 0 Å². The van der Waals surface area contributed by atoms with E-state index in [9.17, 15) is 0 Å². The van der Waals surface area contributed by atoms with E-state index in [2.05, 4.69) is 32.3 Å². The molecular formula is C16H30FN. The van der Waals surface area contributed by atoms with Gasteiger partial charge in [0.15, 0.2) is 0 Å². The minimum atomic E-state index is 0. The van der Waals surface area contributed by atoms with Crippen LogP contribution >= 0.6 is 0 Å². The van der Waals surface area contributed by atoms with E-state index in [4.69, 9.17) is 0 Å². The highest BCUT2D eigenvalue weighted by atomic mass is 19.0. The molecule has 1 N–H and O–H groups in total. The van der Waals surface area contributed by atoms with Crippen molar-refractivity contribution < 1.29 is 9.60 Å². The van der Waals surface area contributed by atoms with Crippen LogP contribution in [0.4, 0.5) is 0 Å². The third kappa shape index (κ3) is 8.46. The smallest absolute Gasteiger partial charge is 0.102 e. The maximum atomic E-state index is 2.32. The molecule has 0 spiro atoms. The van der Waals surface area contributed by atoms with Crippen LogP contribution in [0.5, 0.6) is 0 Å². The molecule has 0 saturated carbocycles. The first-order valence-corrected chi connectivity index (χ1v) is 7.55. The van der Waals surface area contributed by atoms with Crippen LogP contribution in [0.3, 0.4) is 0 Å². The first-order valence-electron chi connectivity index (χ1n) is 7.55. The predicted molar refractivity (Wildman–Crippen MR) is 76.0 cm³/mol. The molecule has 0 fully saturated rings. The minimum Gasteiger partial charge on any atom is -1.00 e. The van der Waals surface area contributed by atoms with Crippen molar-refractivity contribution in [1.29, 1.82) is 0 Å². The van der Waals surface area contributed by atoms with Gasteiger partial charge in [-0.1, -0.05) is 51.9 Å². The van der Waals surface area contributed by atoms with Gasteiger partial charge in [-0.3, -0.25) is 4.90 Å². The van der Waals surface area contributed by atoms with E-state index in [-0.39, 0.29) is 4.70 Å². The highest BCUT2D eigenvalue weighted by molar-refractivity contribution is 5.14.